The smallest absolute Gasteiger partial charge is 0.140 e. The van der Waals surface area contributed by atoms with Crippen molar-refractivity contribution in [2.24, 2.45) is 11.8 Å². The van der Waals surface area contributed by atoms with Crippen LogP contribution in [0.3, 0.4) is 0 Å². The minimum atomic E-state index is 0.00561. The van der Waals surface area contributed by atoms with Gasteiger partial charge < -0.3 is 10.1 Å². The summed E-state index contributed by atoms with van der Waals surface area (Å²) in [5.74, 6) is 2.28. The van der Waals surface area contributed by atoms with Gasteiger partial charge in [0.25, 0.3) is 0 Å². The highest BCUT2D eigenvalue weighted by atomic mass is 35.5. The summed E-state index contributed by atoms with van der Waals surface area (Å²) in [7, 11) is 0. The summed E-state index contributed by atoms with van der Waals surface area (Å²) < 4.78 is 6.57. The Morgan fingerprint density at radius 3 is 2.56 bits per heavy atom. The first-order chi connectivity index (χ1) is 13.1. The Kier molecular flexibility index (Phi) is 4.60. The molecule has 0 aromatic heterocycles. The highest BCUT2D eigenvalue weighted by Gasteiger charge is 2.44. The van der Waals surface area contributed by atoms with Gasteiger partial charge in [-0.15, -0.1) is 0 Å². The van der Waals surface area contributed by atoms with Gasteiger partial charge in [0, 0.05) is 18.1 Å². The molecule has 0 radical (unpaired) electrons. The molecule has 4 unspecified atom stereocenters. The molecule has 142 valence electrons. The second-order valence-corrected chi connectivity index (χ2v) is 8.91. The number of benzene rings is 2. The van der Waals surface area contributed by atoms with Gasteiger partial charge >= 0.3 is 0 Å². The van der Waals surface area contributed by atoms with Crippen molar-refractivity contribution >= 4 is 23.2 Å². The molecule has 0 spiro atoms. The number of hydrogen-bond donors (Lipinski definition) is 1. The Morgan fingerprint density at radius 1 is 1.04 bits per heavy atom. The summed E-state index contributed by atoms with van der Waals surface area (Å²) >= 11 is 12.8. The fourth-order valence-electron chi connectivity index (χ4n) is 5.03. The first kappa shape index (κ1) is 17.8. The molecule has 27 heavy (non-hydrogen) atoms. The second kappa shape index (κ2) is 6.97. The van der Waals surface area contributed by atoms with Crippen LogP contribution >= 0.6 is 23.2 Å². The lowest BCUT2D eigenvalue weighted by molar-refractivity contribution is 0.0890. The van der Waals surface area contributed by atoms with E-state index in [1.807, 2.05) is 19.1 Å². The van der Waals surface area contributed by atoms with Gasteiger partial charge in [0.2, 0.25) is 0 Å². The predicted octanol–water partition coefficient (Wildman–Crippen LogP) is 4.50. The van der Waals surface area contributed by atoms with Gasteiger partial charge in [-0.2, -0.15) is 0 Å². The van der Waals surface area contributed by atoms with Crippen molar-refractivity contribution < 1.29 is 4.74 Å². The van der Waals surface area contributed by atoms with E-state index in [2.05, 4.69) is 34.5 Å². The molecule has 2 saturated heterocycles. The van der Waals surface area contributed by atoms with Crippen LogP contribution in [0.2, 0.25) is 10.0 Å². The molecule has 5 heteroatoms. The van der Waals surface area contributed by atoms with Crippen molar-refractivity contribution in [3.63, 3.8) is 0 Å². The van der Waals surface area contributed by atoms with Crippen LogP contribution in [-0.4, -0.2) is 37.1 Å². The molecule has 3 nitrogen and oxygen atoms in total. The van der Waals surface area contributed by atoms with Crippen molar-refractivity contribution in [3.8, 4) is 5.75 Å². The number of halogens is 2. The molecule has 1 N–H and O–H groups in total. The van der Waals surface area contributed by atoms with Gasteiger partial charge in [-0.1, -0.05) is 47.5 Å². The number of nitrogens with zero attached hydrogens (tertiary/aromatic N) is 1. The van der Waals surface area contributed by atoms with Crippen LogP contribution in [0.25, 0.3) is 0 Å². The van der Waals surface area contributed by atoms with E-state index < -0.39 is 0 Å². The van der Waals surface area contributed by atoms with Crippen molar-refractivity contribution in [1.29, 1.82) is 0 Å². The van der Waals surface area contributed by atoms with E-state index >= 15 is 0 Å². The standard InChI is InChI=1S/C22H24Cl2N2O/c1-13-18(23)6-7-20(21(13)24)27-22-17-5-3-2-4-14(17)8-19(22)26-11-15-9-25-10-16(15)12-26/h2-7,15-16,19,22,25H,8-12H2,1H3. The van der Waals surface area contributed by atoms with E-state index in [0.717, 1.165) is 55.7 Å². The SMILES string of the molecule is Cc1c(Cl)ccc(OC2c3ccccc3CC2N2CC3CNCC3C2)c1Cl. The lowest BCUT2D eigenvalue weighted by atomic mass is 10.0. The summed E-state index contributed by atoms with van der Waals surface area (Å²) in [5.41, 5.74) is 3.56. The van der Waals surface area contributed by atoms with E-state index in [0.29, 0.717) is 16.1 Å². The third kappa shape index (κ3) is 3.05. The fourth-order valence-corrected chi connectivity index (χ4v) is 5.44. The Balaban J connectivity index is 1.46. The molecular weight excluding hydrogens is 379 g/mol. The van der Waals surface area contributed by atoms with E-state index in [1.54, 1.807) is 0 Å². The number of likely N-dealkylation sites (tertiary alicyclic amines) is 1. The van der Waals surface area contributed by atoms with Gasteiger partial charge in [0.1, 0.15) is 11.9 Å². The normalized spacial score (nSPS) is 29.7. The third-order valence-electron chi connectivity index (χ3n) is 6.57. The predicted molar refractivity (Wildman–Crippen MR) is 110 cm³/mol. The number of nitrogens with one attached hydrogen (secondary N) is 1. The zero-order chi connectivity index (χ0) is 18.5. The zero-order valence-corrected chi connectivity index (χ0v) is 16.9. The van der Waals surface area contributed by atoms with Crippen molar-refractivity contribution in [3.05, 3.63) is 63.1 Å². The van der Waals surface area contributed by atoms with E-state index in [4.69, 9.17) is 27.9 Å². The third-order valence-corrected chi connectivity index (χ3v) is 7.44. The molecule has 5 rings (SSSR count). The maximum atomic E-state index is 6.57. The molecule has 2 aromatic rings. The van der Waals surface area contributed by atoms with Crippen molar-refractivity contribution in [2.75, 3.05) is 26.2 Å². The monoisotopic (exact) mass is 402 g/mol. The number of ether oxygens (including phenoxy) is 1. The van der Waals surface area contributed by atoms with Crippen LogP contribution in [0.15, 0.2) is 36.4 Å². The van der Waals surface area contributed by atoms with Crippen molar-refractivity contribution in [1.82, 2.24) is 10.2 Å². The van der Waals surface area contributed by atoms with Crippen LogP contribution in [-0.2, 0) is 6.42 Å². The second-order valence-electron chi connectivity index (χ2n) is 8.13. The molecule has 0 bridgehead atoms. The average Bonchev–Trinajstić information content (AvgIpc) is 3.35. The highest BCUT2D eigenvalue weighted by molar-refractivity contribution is 6.36. The van der Waals surface area contributed by atoms with Gasteiger partial charge in [-0.25, -0.2) is 0 Å². The molecule has 2 fully saturated rings. The highest BCUT2D eigenvalue weighted by Crippen LogP contribution is 2.43. The topological polar surface area (TPSA) is 24.5 Å². The van der Waals surface area contributed by atoms with Gasteiger partial charge in [0.05, 0.1) is 11.1 Å². The van der Waals surface area contributed by atoms with Crippen LogP contribution in [0.5, 0.6) is 5.75 Å². The maximum absolute atomic E-state index is 6.57. The zero-order valence-electron chi connectivity index (χ0n) is 15.4. The minimum absolute atomic E-state index is 0.00561. The summed E-state index contributed by atoms with van der Waals surface area (Å²) in [4.78, 5) is 2.65. The average molecular weight is 403 g/mol. The van der Waals surface area contributed by atoms with E-state index in [1.165, 1.54) is 11.1 Å². The van der Waals surface area contributed by atoms with Crippen molar-refractivity contribution in [2.45, 2.75) is 25.5 Å². The van der Waals surface area contributed by atoms with Gasteiger partial charge in [-0.05, 0) is 67.1 Å². The van der Waals surface area contributed by atoms with E-state index in [-0.39, 0.29) is 6.10 Å². The van der Waals surface area contributed by atoms with Gasteiger partial charge in [0.15, 0.2) is 0 Å². The molecule has 2 heterocycles. The molecule has 2 aromatic carbocycles. The van der Waals surface area contributed by atoms with Crippen LogP contribution in [0, 0.1) is 18.8 Å². The fraction of sp³-hybridized carbons (Fsp3) is 0.455. The largest absolute Gasteiger partial charge is 0.482 e. The summed E-state index contributed by atoms with van der Waals surface area (Å²) in [6.45, 7) is 6.54. The Bertz CT molecular complexity index is 859. The molecule has 0 amide bonds. The molecule has 2 aliphatic heterocycles. The lowest BCUT2D eigenvalue weighted by Gasteiger charge is -2.31. The quantitative estimate of drug-likeness (QED) is 0.817. The lowest BCUT2D eigenvalue weighted by Crippen LogP contribution is -2.40. The van der Waals surface area contributed by atoms with Crippen LogP contribution in [0.1, 0.15) is 22.8 Å². The first-order valence-corrected chi connectivity index (χ1v) is 10.5. The number of rotatable bonds is 3. The molecule has 1 aliphatic carbocycles. The van der Waals surface area contributed by atoms with Crippen LogP contribution < -0.4 is 10.1 Å². The Labute approximate surface area is 170 Å². The molecule has 0 saturated carbocycles. The Hall–Kier alpha value is -1.26. The van der Waals surface area contributed by atoms with Gasteiger partial charge in [-0.3, -0.25) is 4.90 Å². The van der Waals surface area contributed by atoms with Crippen LogP contribution in [0.4, 0.5) is 0 Å². The number of hydrogen-bond acceptors (Lipinski definition) is 3. The number of fused-ring (bicyclic) bond motifs is 2. The van der Waals surface area contributed by atoms with E-state index in [9.17, 15) is 0 Å². The summed E-state index contributed by atoms with van der Waals surface area (Å²) in [6, 6.07) is 12.8. The maximum Gasteiger partial charge on any atom is 0.140 e. The minimum Gasteiger partial charge on any atom is -0.482 e. The Morgan fingerprint density at radius 2 is 1.78 bits per heavy atom. The summed E-state index contributed by atoms with van der Waals surface area (Å²) in [6.07, 6.45) is 1.05. The molecule has 3 aliphatic rings. The molecule has 4 atom stereocenters. The first-order valence-electron chi connectivity index (χ1n) is 9.75. The molecular formula is C22H24Cl2N2O. The summed E-state index contributed by atoms with van der Waals surface area (Å²) in [5, 5.41) is 4.83.